The molecule has 0 saturated heterocycles. The van der Waals surface area contributed by atoms with Crippen LogP contribution in [0.4, 0.5) is 5.13 Å². The Kier molecular flexibility index (Phi) is 5.64. The highest BCUT2D eigenvalue weighted by molar-refractivity contribution is 8.00. The highest BCUT2D eigenvalue weighted by Gasteiger charge is 2.18. The van der Waals surface area contributed by atoms with E-state index >= 15 is 0 Å². The van der Waals surface area contributed by atoms with Gasteiger partial charge in [0.25, 0.3) is 5.56 Å². The first-order valence-corrected chi connectivity index (χ1v) is 9.26. The van der Waals surface area contributed by atoms with Gasteiger partial charge in [0.2, 0.25) is 11.0 Å². The van der Waals surface area contributed by atoms with Crippen LogP contribution in [-0.2, 0) is 4.79 Å². The highest BCUT2D eigenvalue weighted by Crippen LogP contribution is 2.33. The summed E-state index contributed by atoms with van der Waals surface area (Å²) in [5.74, 6) is 0.425. The maximum atomic E-state index is 12.3. The molecule has 26 heavy (non-hydrogen) atoms. The van der Waals surface area contributed by atoms with Crippen LogP contribution in [0.15, 0.2) is 46.5 Å². The highest BCUT2D eigenvalue weighted by atomic mass is 32.2. The van der Waals surface area contributed by atoms with E-state index in [1.54, 1.807) is 14.0 Å². The van der Waals surface area contributed by atoms with Crippen molar-refractivity contribution in [1.29, 1.82) is 0 Å². The molecule has 0 aliphatic carbocycles. The molecule has 0 spiro atoms. The summed E-state index contributed by atoms with van der Waals surface area (Å²) in [6, 6.07) is 8.77. The summed E-state index contributed by atoms with van der Waals surface area (Å²) in [5.41, 5.74) is 0.544. The lowest BCUT2D eigenvalue weighted by Crippen LogP contribution is -2.23. The standard InChI is InChI=1S/C16H15N5O3S2/c1-9(25-15-17-8-7-12(22)18-15)13(23)19-16-21-20-14(26-16)10-5-3-4-6-11(10)24-2/h3-9H,1-2H3,(H,17,18,22)(H,19,21,23). The zero-order valence-electron chi connectivity index (χ0n) is 13.9. The molecule has 2 heterocycles. The fourth-order valence-electron chi connectivity index (χ4n) is 2.04. The van der Waals surface area contributed by atoms with Crippen molar-refractivity contribution in [2.45, 2.75) is 17.3 Å². The summed E-state index contributed by atoms with van der Waals surface area (Å²) in [7, 11) is 1.59. The van der Waals surface area contributed by atoms with Crippen molar-refractivity contribution in [3.63, 3.8) is 0 Å². The van der Waals surface area contributed by atoms with Crippen molar-refractivity contribution >= 4 is 34.1 Å². The number of H-pyrrole nitrogens is 1. The van der Waals surface area contributed by atoms with E-state index in [9.17, 15) is 9.59 Å². The molecule has 1 atom stereocenters. The number of carbonyl (C=O) groups is 1. The number of nitrogens with one attached hydrogen (secondary N) is 2. The van der Waals surface area contributed by atoms with Crippen molar-refractivity contribution in [3.05, 3.63) is 46.9 Å². The average Bonchev–Trinajstić information content (AvgIpc) is 3.10. The number of benzene rings is 1. The van der Waals surface area contributed by atoms with Gasteiger partial charge in [-0.15, -0.1) is 10.2 Å². The Bertz CT molecular complexity index is 972. The number of thioether (sulfide) groups is 1. The van der Waals surface area contributed by atoms with Crippen LogP contribution < -0.4 is 15.6 Å². The van der Waals surface area contributed by atoms with Gasteiger partial charge in [-0.25, -0.2) is 4.98 Å². The lowest BCUT2D eigenvalue weighted by molar-refractivity contribution is -0.115. The normalized spacial score (nSPS) is 11.8. The SMILES string of the molecule is COc1ccccc1-c1nnc(NC(=O)C(C)Sc2nccc(=O)[nH]2)s1. The van der Waals surface area contributed by atoms with Crippen LogP contribution in [0.3, 0.4) is 0 Å². The van der Waals surface area contributed by atoms with Gasteiger partial charge in [0.15, 0.2) is 10.2 Å². The van der Waals surface area contributed by atoms with Gasteiger partial charge in [-0.1, -0.05) is 35.2 Å². The van der Waals surface area contributed by atoms with E-state index in [4.69, 9.17) is 4.74 Å². The molecule has 1 aromatic carbocycles. The number of carbonyl (C=O) groups excluding carboxylic acids is 1. The molecular formula is C16H15N5O3S2. The first kappa shape index (κ1) is 18.1. The summed E-state index contributed by atoms with van der Waals surface area (Å²) >= 11 is 2.41. The third-order valence-corrected chi connectivity index (χ3v) is 5.17. The molecule has 0 fully saturated rings. The number of rotatable bonds is 6. The van der Waals surface area contributed by atoms with Crippen molar-refractivity contribution in [3.8, 4) is 16.3 Å². The number of anilines is 1. The molecule has 2 aromatic heterocycles. The minimum absolute atomic E-state index is 0.260. The Balaban J connectivity index is 1.68. The molecule has 3 rings (SSSR count). The van der Waals surface area contributed by atoms with Crippen molar-refractivity contribution in [2.75, 3.05) is 12.4 Å². The number of methoxy groups -OCH3 is 1. The zero-order valence-corrected chi connectivity index (χ0v) is 15.6. The first-order chi connectivity index (χ1) is 12.6. The van der Waals surface area contributed by atoms with Crippen LogP contribution in [-0.4, -0.2) is 38.4 Å². The van der Waals surface area contributed by atoms with E-state index in [0.29, 0.717) is 21.0 Å². The van der Waals surface area contributed by atoms with Crippen molar-refractivity contribution in [2.24, 2.45) is 0 Å². The maximum absolute atomic E-state index is 12.3. The second kappa shape index (κ2) is 8.11. The van der Waals surface area contributed by atoms with Gasteiger partial charge in [0, 0.05) is 12.3 Å². The van der Waals surface area contributed by atoms with Crippen LogP contribution in [0.25, 0.3) is 10.6 Å². The minimum atomic E-state index is -0.473. The van der Waals surface area contributed by atoms with Gasteiger partial charge in [-0.05, 0) is 19.1 Å². The number of hydrogen-bond donors (Lipinski definition) is 2. The molecule has 10 heteroatoms. The summed E-state index contributed by atoms with van der Waals surface area (Å²) in [4.78, 5) is 30.2. The van der Waals surface area contributed by atoms with E-state index in [0.717, 1.165) is 17.3 Å². The Morgan fingerprint density at radius 3 is 2.88 bits per heavy atom. The lowest BCUT2D eigenvalue weighted by atomic mass is 10.2. The molecule has 2 N–H and O–H groups in total. The van der Waals surface area contributed by atoms with E-state index < -0.39 is 5.25 Å². The molecule has 0 saturated carbocycles. The number of hydrogen-bond acceptors (Lipinski definition) is 8. The molecule has 0 bridgehead atoms. The summed E-state index contributed by atoms with van der Waals surface area (Å²) < 4.78 is 5.32. The molecule has 1 unspecified atom stereocenters. The number of aromatic nitrogens is 4. The molecule has 8 nitrogen and oxygen atoms in total. The fourth-order valence-corrected chi connectivity index (χ4v) is 3.60. The van der Waals surface area contributed by atoms with Crippen LogP contribution in [0.5, 0.6) is 5.75 Å². The summed E-state index contributed by atoms with van der Waals surface area (Å²) in [6.07, 6.45) is 1.40. The molecule has 0 aliphatic rings. The van der Waals surface area contributed by atoms with Gasteiger partial charge in [0.05, 0.1) is 17.9 Å². The fraction of sp³-hybridized carbons (Fsp3) is 0.188. The predicted octanol–water partition coefficient (Wildman–Crippen LogP) is 2.42. The number of nitrogens with zero attached hydrogens (tertiary/aromatic N) is 3. The number of para-hydroxylation sites is 1. The molecule has 0 aliphatic heterocycles. The van der Waals surface area contributed by atoms with Crippen LogP contribution in [0.2, 0.25) is 0 Å². The smallest absolute Gasteiger partial charge is 0.251 e. The van der Waals surface area contributed by atoms with Gasteiger partial charge < -0.3 is 9.72 Å². The van der Waals surface area contributed by atoms with E-state index in [2.05, 4.69) is 25.5 Å². The lowest BCUT2D eigenvalue weighted by Gasteiger charge is -2.08. The zero-order chi connectivity index (χ0) is 18.5. The minimum Gasteiger partial charge on any atom is -0.496 e. The van der Waals surface area contributed by atoms with Crippen LogP contribution in [0, 0.1) is 0 Å². The van der Waals surface area contributed by atoms with Gasteiger partial charge in [-0.3, -0.25) is 14.9 Å². The van der Waals surface area contributed by atoms with E-state index in [1.807, 2.05) is 24.3 Å². The maximum Gasteiger partial charge on any atom is 0.251 e. The van der Waals surface area contributed by atoms with Crippen molar-refractivity contribution in [1.82, 2.24) is 20.2 Å². The second-order valence-electron chi connectivity index (χ2n) is 5.10. The Morgan fingerprint density at radius 2 is 2.12 bits per heavy atom. The second-order valence-corrected chi connectivity index (χ2v) is 7.41. The number of aromatic amines is 1. The molecule has 1 amide bonds. The Labute approximate surface area is 157 Å². The van der Waals surface area contributed by atoms with Gasteiger partial charge in [-0.2, -0.15) is 0 Å². The first-order valence-electron chi connectivity index (χ1n) is 7.56. The topological polar surface area (TPSA) is 110 Å². The van der Waals surface area contributed by atoms with Gasteiger partial charge >= 0.3 is 0 Å². The number of ether oxygens (including phenoxy) is 1. The van der Waals surface area contributed by atoms with Crippen LogP contribution >= 0.6 is 23.1 Å². The number of amides is 1. The monoisotopic (exact) mass is 389 g/mol. The third-order valence-electron chi connectivity index (χ3n) is 3.30. The Morgan fingerprint density at radius 1 is 1.31 bits per heavy atom. The quantitative estimate of drug-likeness (QED) is 0.492. The van der Waals surface area contributed by atoms with E-state index in [1.165, 1.54) is 23.6 Å². The third kappa shape index (κ3) is 4.27. The predicted molar refractivity (Wildman–Crippen MR) is 101 cm³/mol. The molecule has 134 valence electrons. The van der Waals surface area contributed by atoms with Gasteiger partial charge in [0.1, 0.15) is 5.75 Å². The van der Waals surface area contributed by atoms with Crippen LogP contribution in [0.1, 0.15) is 6.92 Å². The largest absolute Gasteiger partial charge is 0.496 e. The average molecular weight is 389 g/mol. The molecular weight excluding hydrogens is 374 g/mol. The summed E-state index contributed by atoms with van der Waals surface area (Å²) in [6.45, 7) is 1.72. The van der Waals surface area contributed by atoms with Crippen molar-refractivity contribution < 1.29 is 9.53 Å². The molecule has 0 radical (unpaired) electrons. The summed E-state index contributed by atoms with van der Waals surface area (Å²) in [5, 5.41) is 11.8. The molecule has 3 aromatic rings. The Hall–Kier alpha value is -2.72. The van der Waals surface area contributed by atoms with E-state index in [-0.39, 0.29) is 11.5 Å².